The van der Waals surface area contributed by atoms with Crippen molar-refractivity contribution in [2.45, 2.75) is 25.6 Å². The molecule has 4 bridgehead atoms. The largest absolute Gasteiger partial charge is 0.375 e. The number of halogens is 1. The number of amides is 2. The molecule has 0 radical (unpaired) electrons. The van der Waals surface area contributed by atoms with Gasteiger partial charge in [-0.3, -0.25) is 14.9 Å². The van der Waals surface area contributed by atoms with E-state index in [4.69, 9.17) is 4.74 Å². The highest BCUT2D eigenvalue weighted by Crippen LogP contribution is 2.39. The van der Waals surface area contributed by atoms with E-state index >= 15 is 0 Å². The van der Waals surface area contributed by atoms with Crippen LogP contribution in [0.2, 0.25) is 0 Å². The second-order valence-electron chi connectivity index (χ2n) is 8.48. The smallest absolute Gasteiger partial charge is 0.259 e. The summed E-state index contributed by atoms with van der Waals surface area (Å²) in [6, 6.07) is 16.0. The lowest BCUT2D eigenvalue weighted by Crippen LogP contribution is -2.22. The van der Waals surface area contributed by atoms with Crippen molar-refractivity contribution in [2.24, 2.45) is 0 Å². The zero-order valence-electron chi connectivity index (χ0n) is 17.9. The van der Waals surface area contributed by atoms with E-state index in [1.165, 1.54) is 0 Å². The monoisotopic (exact) mass is 503 g/mol. The molecule has 0 spiro atoms. The topological polar surface area (TPSA) is 65.3 Å². The van der Waals surface area contributed by atoms with Gasteiger partial charge in [0.2, 0.25) is 0 Å². The summed E-state index contributed by atoms with van der Waals surface area (Å²) < 4.78 is 10.5. The molecule has 2 aliphatic heterocycles. The SMILES string of the molecule is O=C1NC(=O)C2=C1c1cn(c3ccccc13)CCO[C@H](CBr)CCn1cc2c2ccccc21. The van der Waals surface area contributed by atoms with Crippen molar-refractivity contribution in [2.75, 3.05) is 11.9 Å². The number of nitrogens with zero attached hydrogens (tertiary/aromatic N) is 2. The van der Waals surface area contributed by atoms with Crippen molar-refractivity contribution in [3.8, 4) is 0 Å². The normalized spacial score (nSPS) is 19.1. The van der Waals surface area contributed by atoms with Crippen molar-refractivity contribution in [3.05, 3.63) is 72.1 Å². The van der Waals surface area contributed by atoms with Crippen molar-refractivity contribution >= 4 is 60.7 Å². The fourth-order valence-electron chi connectivity index (χ4n) is 5.04. The molecule has 0 unspecified atom stereocenters. The van der Waals surface area contributed by atoms with Crippen LogP contribution in [0.15, 0.2) is 60.9 Å². The van der Waals surface area contributed by atoms with Gasteiger partial charge in [-0.05, 0) is 18.6 Å². The Kier molecular flexibility index (Phi) is 4.96. The van der Waals surface area contributed by atoms with Crippen LogP contribution >= 0.6 is 15.9 Å². The minimum Gasteiger partial charge on any atom is -0.375 e. The highest BCUT2D eigenvalue weighted by atomic mass is 79.9. The Balaban J connectivity index is 1.68. The predicted molar refractivity (Wildman–Crippen MR) is 132 cm³/mol. The Morgan fingerprint density at radius 3 is 1.97 bits per heavy atom. The quantitative estimate of drug-likeness (QED) is 0.310. The molecule has 0 saturated carbocycles. The van der Waals surface area contributed by atoms with E-state index < -0.39 is 0 Å². The number of hydrogen-bond donors (Lipinski definition) is 1. The van der Waals surface area contributed by atoms with Crippen LogP contribution < -0.4 is 5.32 Å². The Bertz CT molecular complexity index is 1460. The molecule has 166 valence electrons. The van der Waals surface area contributed by atoms with Gasteiger partial charge < -0.3 is 13.9 Å². The molecule has 2 aromatic heterocycles. The summed E-state index contributed by atoms with van der Waals surface area (Å²) in [5.41, 5.74) is 4.50. The summed E-state index contributed by atoms with van der Waals surface area (Å²) in [7, 11) is 0. The predicted octanol–water partition coefficient (Wildman–Crippen LogP) is 4.35. The van der Waals surface area contributed by atoms with E-state index in [1.54, 1.807) is 0 Å². The molecule has 4 heterocycles. The van der Waals surface area contributed by atoms with Gasteiger partial charge in [0, 0.05) is 63.7 Å². The van der Waals surface area contributed by atoms with Crippen molar-refractivity contribution in [1.29, 1.82) is 0 Å². The number of benzene rings is 2. The number of para-hydroxylation sites is 2. The van der Waals surface area contributed by atoms with E-state index in [1.807, 2.05) is 54.9 Å². The van der Waals surface area contributed by atoms with Crippen molar-refractivity contribution in [3.63, 3.8) is 0 Å². The molecular weight excluding hydrogens is 482 g/mol. The fourth-order valence-corrected chi connectivity index (χ4v) is 5.55. The van der Waals surface area contributed by atoms with Gasteiger partial charge in [0.05, 0.1) is 23.9 Å². The van der Waals surface area contributed by atoms with Crippen LogP contribution in [0.1, 0.15) is 17.5 Å². The molecule has 0 fully saturated rings. The first-order chi connectivity index (χ1) is 16.2. The van der Waals surface area contributed by atoms with Crippen LogP contribution in [0.25, 0.3) is 33.0 Å². The summed E-state index contributed by atoms with van der Waals surface area (Å²) in [4.78, 5) is 26.2. The van der Waals surface area contributed by atoms with Crippen LogP contribution in [0.5, 0.6) is 0 Å². The Morgan fingerprint density at radius 1 is 0.848 bits per heavy atom. The van der Waals surface area contributed by atoms with Gasteiger partial charge in [0.15, 0.2) is 0 Å². The summed E-state index contributed by atoms with van der Waals surface area (Å²) >= 11 is 3.60. The molecule has 0 saturated heterocycles. The highest BCUT2D eigenvalue weighted by Gasteiger charge is 2.35. The molecule has 7 heteroatoms. The van der Waals surface area contributed by atoms with Crippen LogP contribution in [0.4, 0.5) is 0 Å². The Morgan fingerprint density at radius 2 is 1.39 bits per heavy atom. The maximum atomic E-state index is 13.1. The Labute approximate surface area is 198 Å². The number of aromatic nitrogens is 2. The third kappa shape index (κ3) is 3.26. The number of ether oxygens (including phenoxy) is 1. The van der Waals surface area contributed by atoms with Crippen LogP contribution in [-0.4, -0.2) is 39.0 Å². The number of alkyl halides is 1. The molecular formula is C26H22BrN3O3. The van der Waals surface area contributed by atoms with E-state index in [9.17, 15) is 9.59 Å². The van der Waals surface area contributed by atoms with E-state index in [0.29, 0.717) is 24.3 Å². The second-order valence-corrected chi connectivity index (χ2v) is 9.12. The molecule has 2 aliphatic rings. The lowest BCUT2D eigenvalue weighted by atomic mass is 9.95. The number of imide groups is 1. The number of aryl methyl sites for hydroxylation is 1. The Hall–Kier alpha value is -3.16. The zero-order valence-corrected chi connectivity index (χ0v) is 19.5. The number of nitrogens with one attached hydrogen (secondary N) is 1. The number of carbonyl (C=O) groups excluding carboxylic acids is 2. The fraction of sp³-hybridized carbons (Fsp3) is 0.231. The van der Waals surface area contributed by atoms with Crippen LogP contribution in [0, 0.1) is 0 Å². The van der Waals surface area contributed by atoms with Crippen LogP contribution in [-0.2, 0) is 27.4 Å². The van der Waals surface area contributed by atoms with Gasteiger partial charge in [-0.1, -0.05) is 52.3 Å². The number of hydrogen-bond acceptors (Lipinski definition) is 3. The lowest BCUT2D eigenvalue weighted by Gasteiger charge is -2.17. The summed E-state index contributed by atoms with van der Waals surface area (Å²) in [5.74, 6) is -0.694. The van der Waals surface area contributed by atoms with E-state index in [2.05, 4.69) is 36.4 Å². The third-order valence-corrected chi connectivity index (χ3v) is 7.32. The van der Waals surface area contributed by atoms with Gasteiger partial charge in [-0.25, -0.2) is 0 Å². The van der Waals surface area contributed by atoms with E-state index in [-0.39, 0.29) is 17.9 Å². The molecule has 0 aliphatic carbocycles. The molecule has 2 amide bonds. The minimum atomic E-state index is -0.350. The molecule has 6 rings (SSSR count). The molecule has 33 heavy (non-hydrogen) atoms. The molecule has 2 aromatic carbocycles. The van der Waals surface area contributed by atoms with Crippen molar-refractivity contribution < 1.29 is 14.3 Å². The maximum Gasteiger partial charge on any atom is 0.259 e. The van der Waals surface area contributed by atoms with Crippen LogP contribution in [0.3, 0.4) is 0 Å². The summed E-state index contributed by atoms with van der Waals surface area (Å²) in [6.45, 7) is 1.97. The van der Waals surface area contributed by atoms with Crippen molar-refractivity contribution in [1.82, 2.24) is 14.5 Å². The maximum absolute atomic E-state index is 13.1. The average molecular weight is 504 g/mol. The first-order valence-corrected chi connectivity index (χ1v) is 12.2. The standard InChI is InChI=1S/C26H22BrN3O3/c27-13-16-9-10-29-14-19(17-5-1-3-7-21(17)29)23-24(26(32)28-25(23)31)20-15-30(11-12-33-16)22-8-4-2-6-18(20)22/h1-8,14-16H,9-13H2,(H,28,31,32)/t16-/m0/s1. The zero-order chi connectivity index (χ0) is 22.5. The summed E-state index contributed by atoms with van der Waals surface area (Å²) in [5, 5.41) is 5.22. The van der Waals surface area contributed by atoms with Gasteiger partial charge >= 0.3 is 0 Å². The number of carbonyl (C=O) groups is 2. The molecule has 4 aromatic rings. The number of fused-ring (bicyclic) bond motifs is 12. The van der Waals surface area contributed by atoms with Gasteiger partial charge in [0.25, 0.3) is 11.8 Å². The third-order valence-electron chi connectivity index (χ3n) is 6.60. The van der Waals surface area contributed by atoms with Gasteiger partial charge in [-0.15, -0.1) is 0 Å². The van der Waals surface area contributed by atoms with Gasteiger partial charge in [-0.2, -0.15) is 0 Å². The second kappa shape index (κ2) is 8.01. The summed E-state index contributed by atoms with van der Waals surface area (Å²) in [6.07, 6.45) is 4.90. The average Bonchev–Trinajstić information content (AvgIpc) is 3.46. The lowest BCUT2D eigenvalue weighted by molar-refractivity contribution is -0.122. The molecule has 1 N–H and O–H groups in total. The first kappa shape index (κ1) is 20.4. The minimum absolute atomic E-state index is 0.0741. The van der Waals surface area contributed by atoms with E-state index in [0.717, 1.165) is 51.2 Å². The molecule has 1 atom stereocenters. The molecule has 6 nitrogen and oxygen atoms in total. The highest BCUT2D eigenvalue weighted by molar-refractivity contribution is 9.09. The number of rotatable bonds is 1. The van der Waals surface area contributed by atoms with Gasteiger partial charge in [0.1, 0.15) is 0 Å². The first-order valence-electron chi connectivity index (χ1n) is 11.1.